The largest absolute Gasteiger partial charge is 0.493 e. The summed E-state index contributed by atoms with van der Waals surface area (Å²) < 4.78 is 11.0. The van der Waals surface area contributed by atoms with Crippen molar-refractivity contribution in [1.29, 1.82) is 0 Å². The van der Waals surface area contributed by atoms with E-state index in [0.29, 0.717) is 12.5 Å². The predicted octanol–water partition coefficient (Wildman–Crippen LogP) is 3.46. The molecule has 1 saturated carbocycles. The molecule has 7 nitrogen and oxygen atoms in total. The number of hydrogen-bond acceptors (Lipinski definition) is 4. The molecule has 8 heteroatoms. The van der Waals surface area contributed by atoms with Gasteiger partial charge < -0.3 is 25.4 Å². The van der Waals surface area contributed by atoms with Crippen molar-refractivity contribution in [2.75, 3.05) is 41.4 Å². The number of guanidine groups is 1. The topological polar surface area (TPSA) is 84.0 Å². The minimum Gasteiger partial charge on any atom is -0.493 e. The SMILES string of the molecule is CN=C(NCC(C)(C)C(=O)NC)NCC1(c2ccc(OC)c(OC)c2)CCCCC1.I. The maximum absolute atomic E-state index is 12.1. The molecule has 0 radical (unpaired) electrons. The zero-order chi connectivity index (χ0) is 22.2. The predicted molar refractivity (Wildman–Crippen MR) is 137 cm³/mol. The average molecular weight is 546 g/mol. The first-order valence-corrected chi connectivity index (χ1v) is 10.7. The van der Waals surface area contributed by atoms with E-state index in [2.05, 4.69) is 33.1 Å². The molecule has 0 spiro atoms. The summed E-state index contributed by atoms with van der Waals surface area (Å²) in [7, 11) is 6.75. The summed E-state index contributed by atoms with van der Waals surface area (Å²) in [6, 6.07) is 6.25. The molecule has 0 atom stereocenters. The summed E-state index contributed by atoms with van der Waals surface area (Å²) in [6.07, 6.45) is 5.88. The third-order valence-electron chi connectivity index (χ3n) is 6.16. The molecule has 31 heavy (non-hydrogen) atoms. The molecule has 3 N–H and O–H groups in total. The Morgan fingerprint density at radius 3 is 2.29 bits per heavy atom. The van der Waals surface area contributed by atoms with E-state index in [1.807, 2.05) is 19.9 Å². The first-order chi connectivity index (χ1) is 14.3. The number of rotatable bonds is 8. The van der Waals surface area contributed by atoms with Gasteiger partial charge in [0.1, 0.15) is 0 Å². The van der Waals surface area contributed by atoms with Gasteiger partial charge in [-0.15, -0.1) is 24.0 Å². The molecule has 1 aliphatic rings. The highest BCUT2D eigenvalue weighted by atomic mass is 127. The highest BCUT2D eigenvalue weighted by Crippen LogP contribution is 2.42. The van der Waals surface area contributed by atoms with E-state index < -0.39 is 5.41 Å². The van der Waals surface area contributed by atoms with E-state index in [1.165, 1.54) is 24.8 Å². The smallest absolute Gasteiger partial charge is 0.227 e. The highest BCUT2D eigenvalue weighted by Gasteiger charge is 2.35. The molecule has 0 unspecified atom stereocenters. The summed E-state index contributed by atoms with van der Waals surface area (Å²) in [6.45, 7) is 5.09. The van der Waals surface area contributed by atoms with Crippen LogP contribution in [-0.2, 0) is 10.2 Å². The van der Waals surface area contributed by atoms with Gasteiger partial charge in [-0.3, -0.25) is 9.79 Å². The average Bonchev–Trinajstić information content (AvgIpc) is 2.78. The Morgan fingerprint density at radius 2 is 1.74 bits per heavy atom. The molecule has 176 valence electrons. The number of halogens is 1. The number of hydrogen-bond donors (Lipinski definition) is 3. The van der Waals surface area contributed by atoms with Crippen molar-refractivity contribution >= 4 is 35.8 Å². The second-order valence-corrected chi connectivity index (χ2v) is 8.65. The Hall–Kier alpha value is -1.71. The molecule has 2 rings (SSSR count). The Labute approximate surface area is 204 Å². The summed E-state index contributed by atoms with van der Waals surface area (Å²) >= 11 is 0. The molecule has 0 bridgehead atoms. The van der Waals surface area contributed by atoms with Gasteiger partial charge in [-0.1, -0.05) is 25.3 Å². The van der Waals surface area contributed by atoms with E-state index in [-0.39, 0.29) is 35.3 Å². The molecule has 1 aromatic carbocycles. The summed E-state index contributed by atoms with van der Waals surface area (Å²) in [4.78, 5) is 16.4. The van der Waals surface area contributed by atoms with Gasteiger partial charge in [0.05, 0.1) is 19.6 Å². The van der Waals surface area contributed by atoms with Crippen LogP contribution in [0.15, 0.2) is 23.2 Å². The van der Waals surface area contributed by atoms with Gasteiger partial charge in [-0.2, -0.15) is 0 Å². The fourth-order valence-corrected chi connectivity index (χ4v) is 4.16. The van der Waals surface area contributed by atoms with Crippen molar-refractivity contribution in [3.05, 3.63) is 23.8 Å². The number of aliphatic imine (C=N–C) groups is 1. The summed E-state index contributed by atoms with van der Waals surface area (Å²) in [5.74, 6) is 2.21. The van der Waals surface area contributed by atoms with Crippen molar-refractivity contribution in [1.82, 2.24) is 16.0 Å². The van der Waals surface area contributed by atoms with Crippen LogP contribution in [0.3, 0.4) is 0 Å². The van der Waals surface area contributed by atoms with Gasteiger partial charge >= 0.3 is 0 Å². The normalized spacial score (nSPS) is 16.0. The number of benzene rings is 1. The van der Waals surface area contributed by atoms with Crippen LogP contribution in [0.5, 0.6) is 11.5 Å². The molecule has 1 fully saturated rings. The van der Waals surface area contributed by atoms with Crippen LogP contribution in [-0.4, -0.2) is 53.3 Å². The lowest BCUT2D eigenvalue weighted by Crippen LogP contribution is -2.50. The minimum absolute atomic E-state index is 0. The van der Waals surface area contributed by atoms with E-state index in [0.717, 1.165) is 30.9 Å². The van der Waals surface area contributed by atoms with Crippen LogP contribution < -0.4 is 25.4 Å². The summed E-state index contributed by atoms with van der Waals surface area (Å²) in [5.41, 5.74) is 0.734. The third kappa shape index (κ3) is 6.89. The van der Waals surface area contributed by atoms with Gasteiger partial charge in [-0.25, -0.2) is 0 Å². The Morgan fingerprint density at radius 1 is 1.10 bits per heavy atom. The van der Waals surface area contributed by atoms with Crippen LogP contribution in [0.1, 0.15) is 51.5 Å². The third-order valence-corrected chi connectivity index (χ3v) is 6.16. The molecular weight excluding hydrogens is 507 g/mol. The number of ether oxygens (including phenoxy) is 2. The van der Waals surface area contributed by atoms with Crippen molar-refractivity contribution in [2.45, 2.75) is 51.4 Å². The fourth-order valence-electron chi connectivity index (χ4n) is 4.16. The van der Waals surface area contributed by atoms with Gasteiger partial charge in [0.2, 0.25) is 5.91 Å². The van der Waals surface area contributed by atoms with Gasteiger partial charge in [0, 0.05) is 32.6 Å². The van der Waals surface area contributed by atoms with E-state index in [4.69, 9.17) is 9.47 Å². The number of nitrogens with one attached hydrogen (secondary N) is 3. The van der Waals surface area contributed by atoms with Gasteiger partial charge in [0.15, 0.2) is 17.5 Å². The fraction of sp³-hybridized carbons (Fsp3) is 0.652. The quantitative estimate of drug-likeness (QED) is 0.264. The van der Waals surface area contributed by atoms with E-state index in [9.17, 15) is 4.79 Å². The van der Waals surface area contributed by atoms with Crippen LogP contribution >= 0.6 is 24.0 Å². The molecule has 1 aliphatic carbocycles. The van der Waals surface area contributed by atoms with E-state index >= 15 is 0 Å². The van der Waals surface area contributed by atoms with Crippen LogP contribution in [0.25, 0.3) is 0 Å². The first-order valence-electron chi connectivity index (χ1n) is 10.7. The zero-order valence-corrected chi connectivity index (χ0v) is 22.1. The monoisotopic (exact) mass is 546 g/mol. The standard InChI is InChI=1S/C23H38N4O3.HI/c1-22(2,20(28)24-3)15-26-21(25-4)27-16-23(12-8-7-9-13-23)17-10-11-18(29-5)19(14-17)30-6;/h10-11,14H,7-9,12-13,15-16H2,1-6H3,(H,24,28)(H2,25,26,27);1H. The van der Waals surface area contributed by atoms with Crippen LogP contribution in [0, 0.1) is 5.41 Å². The molecular formula is C23H39IN4O3. The van der Waals surface area contributed by atoms with Crippen molar-refractivity contribution < 1.29 is 14.3 Å². The Bertz CT molecular complexity index is 746. The molecule has 0 aliphatic heterocycles. The van der Waals surface area contributed by atoms with Gasteiger partial charge in [0.25, 0.3) is 0 Å². The van der Waals surface area contributed by atoms with Gasteiger partial charge in [-0.05, 0) is 44.4 Å². The number of methoxy groups -OCH3 is 2. The van der Waals surface area contributed by atoms with Crippen LogP contribution in [0.2, 0.25) is 0 Å². The molecule has 0 saturated heterocycles. The van der Waals surface area contributed by atoms with E-state index in [1.54, 1.807) is 28.3 Å². The number of amides is 1. The van der Waals surface area contributed by atoms with Crippen molar-refractivity contribution in [3.63, 3.8) is 0 Å². The Balaban J connectivity index is 0.00000480. The van der Waals surface area contributed by atoms with Crippen molar-refractivity contribution in [2.24, 2.45) is 10.4 Å². The maximum atomic E-state index is 12.1. The Kier molecular flexibility index (Phi) is 10.9. The lowest BCUT2D eigenvalue weighted by atomic mass is 9.69. The molecule has 1 aromatic rings. The van der Waals surface area contributed by atoms with Crippen LogP contribution in [0.4, 0.5) is 0 Å². The lowest BCUT2D eigenvalue weighted by Gasteiger charge is -2.39. The second-order valence-electron chi connectivity index (χ2n) is 8.65. The number of carbonyl (C=O) groups excluding carboxylic acids is 1. The minimum atomic E-state index is -0.530. The second kappa shape index (κ2) is 12.4. The highest BCUT2D eigenvalue weighted by molar-refractivity contribution is 14.0. The zero-order valence-electron chi connectivity index (χ0n) is 19.8. The maximum Gasteiger partial charge on any atom is 0.227 e. The molecule has 1 amide bonds. The van der Waals surface area contributed by atoms with Crippen molar-refractivity contribution in [3.8, 4) is 11.5 Å². The molecule has 0 aromatic heterocycles. The number of carbonyl (C=O) groups is 1. The lowest BCUT2D eigenvalue weighted by molar-refractivity contribution is -0.128. The first kappa shape index (κ1) is 27.3. The number of nitrogens with zero attached hydrogens (tertiary/aromatic N) is 1. The summed E-state index contributed by atoms with van der Waals surface area (Å²) in [5, 5.41) is 9.53. The molecule has 0 heterocycles.